The summed E-state index contributed by atoms with van der Waals surface area (Å²) < 4.78 is 14.2. The van der Waals surface area contributed by atoms with Gasteiger partial charge in [0.2, 0.25) is 0 Å². The molecule has 1 aliphatic carbocycles. The van der Waals surface area contributed by atoms with E-state index in [1.807, 2.05) is 4.90 Å². The summed E-state index contributed by atoms with van der Waals surface area (Å²) in [6, 6.07) is 0. The Hall–Kier alpha value is -2.42. The molecule has 1 amide bonds. The smallest absolute Gasteiger partial charge is 0.306 e. The summed E-state index contributed by atoms with van der Waals surface area (Å²) in [6.45, 7) is 1.12. The fourth-order valence-corrected chi connectivity index (χ4v) is 5.12. The third kappa shape index (κ3) is 2.99. The van der Waals surface area contributed by atoms with Crippen molar-refractivity contribution >= 4 is 44.9 Å². The minimum Gasteiger partial charge on any atom is -0.481 e. The molecule has 3 heterocycles. The molecule has 1 aliphatic heterocycles. The molecule has 0 aromatic carbocycles. The number of nitrogens with two attached hydrogens (primary N) is 2. The van der Waals surface area contributed by atoms with Crippen LogP contribution in [0.1, 0.15) is 40.1 Å². The molecule has 9 heteroatoms. The van der Waals surface area contributed by atoms with E-state index >= 15 is 0 Å². The van der Waals surface area contributed by atoms with Crippen LogP contribution < -0.4 is 16.4 Å². The monoisotopic (exact) mass is 392 g/mol. The van der Waals surface area contributed by atoms with Crippen molar-refractivity contribution in [3.8, 4) is 0 Å². The number of carbonyl (C=O) groups is 2. The van der Waals surface area contributed by atoms with Gasteiger partial charge in [-0.25, -0.2) is 9.37 Å². The highest BCUT2D eigenvalue weighted by Gasteiger charge is 2.32. The van der Waals surface area contributed by atoms with Gasteiger partial charge >= 0.3 is 5.97 Å². The van der Waals surface area contributed by atoms with Crippen molar-refractivity contribution in [1.82, 2.24) is 4.98 Å². The van der Waals surface area contributed by atoms with Gasteiger partial charge in [0, 0.05) is 30.5 Å². The van der Waals surface area contributed by atoms with Crippen molar-refractivity contribution in [2.75, 3.05) is 23.7 Å². The second-order valence-corrected chi connectivity index (χ2v) is 8.22. The van der Waals surface area contributed by atoms with Crippen LogP contribution in [0.15, 0.2) is 0 Å². The minimum atomic E-state index is -0.942. The van der Waals surface area contributed by atoms with Gasteiger partial charge < -0.3 is 21.5 Å². The number of nitrogen functional groups attached to an aromatic ring is 1. The summed E-state index contributed by atoms with van der Waals surface area (Å²) in [5.74, 6) is -1.03. The zero-order valence-electron chi connectivity index (χ0n) is 14.7. The summed E-state index contributed by atoms with van der Waals surface area (Å²) in [6.07, 6.45) is 1.32. The van der Waals surface area contributed by atoms with Crippen molar-refractivity contribution in [2.45, 2.75) is 38.3 Å². The first-order chi connectivity index (χ1) is 12.9. The molecule has 0 radical (unpaired) electrons. The lowest BCUT2D eigenvalue weighted by Gasteiger charge is -2.34. The molecule has 1 atom stereocenters. The SMILES string of the molecule is NC(=O)c1sc2nc(N3CCC(C(=O)O)CC3)c3c(c2c1N)CCC(F)C3. The van der Waals surface area contributed by atoms with E-state index in [0.717, 1.165) is 27.8 Å². The Kier molecular flexibility index (Phi) is 4.41. The molecule has 7 nitrogen and oxygen atoms in total. The number of carbonyl (C=O) groups excluding carboxylic acids is 1. The summed E-state index contributed by atoms with van der Waals surface area (Å²) in [7, 11) is 0. The largest absolute Gasteiger partial charge is 0.481 e. The second kappa shape index (κ2) is 6.63. The molecule has 0 bridgehead atoms. The number of thiophene rings is 1. The van der Waals surface area contributed by atoms with E-state index in [1.54, 1.807) is 0 Å². The number of alkyl halides is 1. The molecule has 27 heavy (non-hydrogen) atoms. The Labute approximate surface area is 159 Å². The Balaban J connectivity index is 1.82. The number of hydrogen-bond donors (Lipinski definition) is 3. The van der Waals surface area contributed by atoms with Crippen molar-refractivity contribution in [3.05, 3.63) is 16.0 Å². The molecule has 1 saturated heterocycles. The van der Waals surface area contributed by atoms with Gasteiger partial charge in [-0.1, -0.05) is 0 Å². The highest BCUT2D eigenvalue weighted by atomic mass is 32.1. The van der Waals surface area contributed by atoms with Crippen LogP contribution in [-0.2, 0) is 17.6 Å². The number of carboxylic acid groups (broad SMARTS) is 1. The van der Waals surface area contributed by atoms with Crippen LogP contribution in [-0.4, -0.2) is 41.2 Å². The third-order valence-corrected chi connectivity index (χ3v) is 6.68. The van der Waals surface area contributed by atoms with Crippen molar-refractivity contribution in [2.24, 2.45) is 11.7 Å². The van der Waals surface area contributed by atoms with Gasteiger partial charge in [0.1, 0.15) is 21.7 Å². The average Bonchev–Trinajstić information content (AvgIpc) is 2.98. The van der Waals surface area contributed by atoms with E-state index in [2.05, 4.69) is 0 Å². The molecule has 4 rings (SSSR count). The average molecular weight is 392 g/mol. The molecule has 1 unspecified atom stereocenters. The van der Waals surface area contributed by atoms with Crippen LogP contribution in [0, 0.1) is 5.92 Å². The van der Waals surface area contributed by atoms with Gasteiger partial charge in [-0.15, -0.1) is 11.3 Å². The van der Waals surface area contributed by atoms with Gasteiger partial charge in [0.25, 0.3) is 5.91 Å². The maximum atomic E-state index is 14.2. The lowest BCUT2D eigenvalue weighted by atomic mass is 9.88. The molecule has 2 aliphatic rings. The normalized spacial score (nSPS) is 20.6. The van der Waals surface area contributed by atoms with E-state index in [4.69, 9.17) is 16.5 Å². The first-order valence-electron chi connectivity index (χ1n) is 9.02. The number of pyridine rings is 1. The number of rotatable bonds is 3. The van der Waals surface area contributed by atoms with Crippen molar-refractivity contribution in [3.63, 3.8) is 0 Å². The molecule has 0 spiro atoms. The number of anilines is 2. The number of piperidine rings is 1. The van der Waals surface area contributed by atoms with E-state index in [0.29, 0.717) is 55.1 Å². The Morgan fingerprint density at radius 3 is 2.56 bits per heavy atom. The maximum absolute atomic E-state index is 14.2. The molecular weight excluding hydrogens is 371 g/mol. The molecular formula is C18H21FN4O3S. The molecule has 5 N–H and O–H groups in total. The first kappa shape index (κ1) is 18.0. The molecule has 2 aromatic rings. The van der Waals surface area contributed by atoms with E-state index < -0.39 is 18.0 Å². The topological polar surface area (TPSA) is 123 Å². The van der Waals surface area contributed by atoms with Gasteiger partial charge in [-0.05, 0) is 31.2 Å². The van der Waals surface area contributed by atoms with Crippen LogP contribution in [0.4, 0.5) is 15.9 Å². The number of aromatic nitrogens is 1. The van der Waals surface area contributed by atoms with Crippen LogP contribution in [0.3, 0.4) is 0 Å². The number of carboxylic acids is 1. The van der Waals surface area contributed by atoms with Gasteiger partial charge in [-0.2, -0.15) is 0 Å². The van der Waals surface area contributed by atoms with Crippen LogP contribution in [0.2, 0.25) is 0 Å². The van der Waals surface area contributed by atoms with Gasteiger partial charge in [-0.3, -0.25) is 9.59 Å². The molecule has 2 aromatic heterocycles. The highest BCUT2D eigenvalue weighted by molar-refractivity contribution is 7.21. The lowest BCUT2D eigenvalue weighted by Crippen LogP contribution is -2.38. The minimum absolute atomic E-state index is 0.258. The number of aryl methyl sites for hydroxylation is 1. The summed E-state index contributed by atoms with van der Waals surface area (Å²) in [5, 5.41) is 9.93. The highest BCUT2D eigenvalue weighted by Crippen LogP contribution is 2.42. The fourth-order valence-electron chi connectivity index (χ4n) is 4.15. The van der Waals surface area contributed by atoms with Crippen molar-refractivity contribution in [1.29, 1.82) is 0 Å². The predicted molar refractivity (Wildman–Crippen MR) is 102 cm³/mol. The third-order valence-electron chi connectivity index (χ3n) is 5.57. The number of aliphatic carboxylic acids is 1. The molecule has 1 fully saturated rings. The first-order valence-corrected chi connectivity index (χ1v) is 9.83. The van der Waals surface area contributed by atoms with Crippen LogP contribution >= 0.6 is 11.3 Å². The van der Waals surface area contributed by atoms with Gasteiger partial charge in [0.15, 0.2) is 0 Å². The summed E-state index contributed by atoms with van der Waals surface area (Å²) in [5.41, 5.74) is 13.7. The molecule has 144 valence electrons. The summed E-state index contributed by atoms with van der Waals surface area (Å²) in [4.78, 5) is 30.6. The zero-order valence-corrected chi connectivity index (χ0v) is 15.5. The van der Waals surface area contributed by atoms with Crippen LogP contribution in [0.25, 0.3) is 10.2 Å². The quantitative estimate of drug-likeness (QED) is 0.735. The zero-order chi connectivity index (χ0) is 19.3. The number of hydrogen-bond acceptors (Lipinski definition) is 6. The van der Waals surface area contributed by atoms with Crippen molar-refractivity contribution < 1.29 is 19.1 Å². The Bertz CT molecular complexity index is 937. The fraction of sp³-hybridized carbons (Fsp3) is 0.500. The maximum Gasteiger partial charge on any atom is 0.306 e. The van der Waals surface area contributed by atoms with Crippen LogP contribution in [0.5, 0.6) is 0 Å². The van der Waals surface area contributed by atoms with E-state index in [1.165, 1.54) is 0 Å². The molecule has 0 saturated carbocycles. The number of halogens is 1. The summed E-state index contributed by atoms with van der Waals surface area (Å²) >= 11 is 1.16. The predicted octanol–water partition coefficient (Wildman–Crippen LogP) is 2.11. The number of primary amides is 1. The Morgan fingerprint density at radius 2 is 1.93 bits per heavy atom. The van der Waals surface area contributed by atoms with Gasteiger partial charge in [0.05, 0.1) is 11.6 Å². The number of nitrogens with zero attached hydrogens (tertiary/aromatic N) is 2. The second-order valence-electron chi connectivity index (χ2n) is 7.22. The Morgan fingerprint density at radius 1 is 1.22 bits per heavy atom. The van der Waals surface area contributed by atoms with E-state index in [-0.39, 0.29) is 17.2 Å². The van der Waals surface area contributed by atoms with E-state index in [9.17, 15) is 19.1 Å². The number of amides is 1. The standard InChI is InChI=1S/C18H21FN4O3S/c19-9-1-2-10-11(7-9)16(23-5-3-8(4-6-23)18(25)26)22-17-12(10)13(20)14(27-17)15(21)24/h8-9H,1-7,20H2,(H2,21,24)(H,25,26). The number of fused-ring (bicyclic) bond motifs is 3. The lowest BCUT2D eigenvalue weighted by molar-refractivity contribution is -0.142.